The standard InChI is InChI=1S/C21H25N3O5/c1-23(2)12-11-22-20(27)15-3-7-16(8-4-15)24-19(18(13-25)29-21(24)28)14-5-9-17(26)10-6-14/h3-10,18-19,25-26H,11-13H2,1-2H3,(H,22,27)/t18?,19-/m1/s1. The minimum absolute atomic E-state index is 0.107. The lowest BCUT2D eigenvalue weighted by Crippen LogP contribution is -2.32. The first-order valence-electron chi connectivity index (χ1n) is 9.33. The van der Waals surface area contributed by atoms with Gasteiger partial charge >= 0.3 is 6.09 Å². The Bertz CT molecular complexity index is 852. The Hall–Kier alpha value is -3.10. The van der Waals surface area contributed by atoms with Crippen LogP contribution in [-0.4, -0.2) is 67.0 Å². The van der Waals surface area contributed by atoms with E-state index < -0.39 is 18.2 Å². The lowest BCUT2D eigenvalue weighted by Gasteiger charge is -2.24. The highest BCUT2D eigenvalue weighted by molar-refractivity contribution is 5.96. The summed E-state index contributed by atoms with van der Waals surface area (Å²) in [7, 11) is 3.86. The molecule has 2 aromatic rings. The molecule has 1 heterocycles. The maximum atomic E-state index is 12.5. The second kappa shape index (κ2) is 8.93. The molecule has 2 amide bonds. The van der Waals surface area contributed by atoms with Gasteiger partial charge in [-0.25, -0.2) is 4.79 Å². The number of nitrogens with zero attached hydrogens (tertiary/aromatic N) is 2. The fraction of sp³-hybridized carbons (Fsp3) is 0.333. The zero-order valence-corrected chi connectivity index (χ0v) is 16.4. The summed E-state index contributed by atoms with van der Waals surface area (Å²) < 4.78 is 5.32. The van der Waals surface area contributed by atoms with E-state index in [2.05, 4.69) is 5.32 Å². The van der Waals surface area contributed by atoms with Crippen LogP contribution in [0.25, 0.3) is 0 Å². The number of ether oxygens (including phenoxy) is 1. The number of phenols is 1. The van der Waals surface area contributed by atoms with Crippen molar-refractivity contribution in [2.45, 2.75) is 12.1 Å². The molecule has 1 unspecified atom stereocenters. The molecular weight excluding hydrogens is 374 g/mol. The van der Waals surface area contributed by atoms with E-state index in [0.29, 0.717) is 17.8 Å². The van der Waals surface area contributed by atoms with Gasteiger partial charge in [0.25, 0.3) is 5.91 Å². The molecule has 0 spiro atoms. The third-order valence-corrected chi connectivity index (χ3v) is 4.75. The average Bonchev–Trinajstić information content (AvgIpc) is 3.04. The predicted octanol–water partition coefficient (Wildman–Crippen LogP) is 1.74. The molecule has 0 aromatic heterocycles. The number of carbonyl (C=O) groups excluding carboxylic acids is 2. The Morgan fingerprint density at radius 2 is 1.79 bits per heavy atom. The Kier molecular flexibility index (Phi) is 6.36. The number of rotatable bonds is 7. The summed E-state index contributed by atoms with van der Waals surface area (Å²) in [4.78, 5) is 28.1. The van der Waals surface area contributed by atoms with Gasteiger partial charge in [0.2, 0.25) is 0 Å². The lowest BCUT2D eigenvalue weighted by molar-refractivity contribution is 0.0829. The van der Waals surface area contributed by atoms with Crippen LogP contribution in [0.4, 0.5) is 10.5 Å². The predicted molar refractivity (Wildman–Crippen MR) is 108 cm³/mol. The summed E-state index contributed by atoms with van der Waals surface area (Å²) in [6.45, 7) is 0.938. The molecule has 0 bridgehead atoms. The fourth-order valence-corrected chi connectivity index (χ4v) is 3.24. The van der Waals surface area contributed by atoms with Crippen molar-refractivity contribution in [1.29, 1.82) is 0 Å². The van der Waals surface area contributed by atoms with E-state index in [1.54, 1.807) is 36.4 Å². The van der Waals surface area contributed by atoms with Gasteiger partial charge in [-0.05, 0) is 56.1 Å². The van der Waals surface area contributed by atoms with Crippen LogP contribution in [0.2, 0.25) is 0 Å². The third kappa shape index (κ3) is 4.67. The molecule has 1 aliphatic heterocycles. The molecule has 8 nitrogen and oxygen atoms in total. The molecule has 29 heavy (non-hydrogen) atoms. The Labute approximate surface area is 169 Å². The van der Waals surface area contributed by atoms with Crippen LogP contribution in [0.5, 0.6) is 5.75 Å². The van der Waals surface area contributed by atoms with Gasteiger partial charge in [0, 0.05) is 24.3 Å². The first-order chi connectivity index (χ1) is 13.9. The number of aromatic hydroxyl groups is 1. The van der Waals surface area contributed by atoms with Crippen molar-refractivity contribution >= 4 is 17.7 Å². The number of amides is 2. The Morgan fingerprint density at radius 1 is 1.14 bits per heavy atom. The van der Waals surface area contributed by atoms with Crippen LogP contribution in [0, 0.1) is 0 Å². The van der Waals surface area contributed by atoms with E-state index in [1.807, 2.05) is 19.0 Å². The fourth-order valence-electron chi connectivity index (χ4n) is 3.24. The normalized spacial score (nSPS) is 18.8. The van der Waals surface area contributed by atoms with E-state index in [-0.39, 0.29) is 18.3 Å². The molecule has 0 aliphatic carbocycles. The van der Waals surface area contributed by atoms with Crippen LogP contribution in [0.15, 0.2) is 48.5 Å². The number of likely N-dealkylation sites (N-methyl/N-ethyl adjacent to an activating group) is 1. The maximum Gasteiger partial charge on any atom is 0.415 e. The minimum atomic E-state index is -0.735. The van der Waals surface area contributed by atoms with Gasteiger partial charge in [0.05, 0.1) is 6.61 Å². The van der Waals surface area contributed by atoms with Crippen molar-refractivity contribution < 1.29 is 24.5 Å². The summed E-state index contributed by atoms with van der Waals surface area (Å²) in [5.41, 5.74) is 1.76. The zero-order valence-electron chi connectivity index (χ0n) is 16.4. The number of nitrogens with one attached hydrogen (secondary N) is 1. The first kappa shape index (κ1) is 20.6. The summed E-state index contributed by atoms with van der Waals surface area (Å²) in [5, 5.41) is 22.0. The summed E-state index contributed by atoms with van der Waals surface area (Å²) >= 11 is 0. The van der Waals surface area contributed by atoms with Crippen LogP contribution < -0.4 is 10.2 Å². The third-order valence-electron chi connectivity index (χ3n) is 4.75. The number of hydrogen-bond donors (Lipinski definition) is 3. The van der Waals surface area contributed by atoms with Gasteiger partial charge in [0.1, 0.15) is 11.8 Å². The highest BCUT2D eigenvalue weighted by atomic mass is 16.6. The van der Waals surface area contributed by atoms with Crippen LogP contribution in [0.3, 0.4) is 0 Å². The molecule has 154 valence electrons. The van der Waals surface area contributed by atoms with Crippen molar-refractivity contribution in [3.8, 4) is 5.75 Å². The number of cyclic esters (lactones) is 1. The topological polar surface area (TPSA) is 102 Å². The van der Waals surface area contributed by atoms with Crippen molar-refractivity contribution in [2.24, 2.45) is 0 Å². The largest absolute Gasteiger partial charge is 0.508 e. The Balaban J connectivity index is 1.81. The lowest BCUT2D eigenvalue weighted by atomic mass is 10.00. The molecule has 3 N–H and O–H groups in total. The summed E-state index contributed by atoms with van der Waals surface area (Å²) in [6, 6.07) is 12.5. The minimum Gasteiger partial charge on any atom is -0.508 e. The van der Waals surface area contributed by atoms with Gasteiger partial charge in [-0.2, -0.15) is 0 Å². The number of benzene rings is 2. The van der Waals surface area contributed by atoms with Gasteiger partial charge in [-0.15, -0.1) is 0 Å². The SMILES string of the molecule is CN(C)CCNC(=O)c1ccc(N2C(=O)OC(CO)[C@H]2c2ccc(O)cc2)cc1. The molecule has 3 rings (SSSR count). The van der Waals surface area contributed by atoms with Gasteiger partial charge in [0.15, 0.2) is 6.10 Å². The average molecular weight is 399 g/mol. The molecule has 1 aliphatic rings. The van der Waals surface area contributed by atoms with Crippen molar-refractivity contribution in [1.82, 2.24) is 10.2 Å². The van der Waals surface area contributed by atoms with E-state index in [9.17, 15) is 19.8 Å². The number of hydrogen-bond acceptors (Lipinski definition) is 6. The van der Waals surface area contributed by atoms with E-state index >= 15 is 0 Å². The van der Waals surface area contributed by atoms with E-state index in [0.717, 1.165) is 12.1 Å². The monoisotopic (exact) mass is 399 g/mol. The molecule has 8 heteroatoms. The van der Waals surface area contributed by atoms with Crippen molar-refractivity contribution in [3.63, 3.8) is 0 Å². The van der Waals surface area contributed by atoms with Gasteiger partial charge < -0.3 is 25.2 Å². The van der Waals surface area contributed by atoms with Gasteiger partial charge in [-0.1, -0.05) is 12.1 Å². The van der Waals surface area contributed by atoms with Crippen LogP contribution >= 0.6 is 0 Å². The summed E-state index contributed by atoms with van der Waals surface area (Å²) in [6.07, 6.45) is -1.31. The quantitative estimate of drug-likeness (QED) is 0.656. The molecule has 2 aromatic carbocycles. The number of anilines is 1. The van der Waals surface area contributed by atoms with Crippen molar-refractivity contribution in [2.75, 3.05) is 38.7 Å². The molecular formula is C21H25N3O5. The maximum absolute atomic E-state index is 12.5. The molecule has 1 saturated heterocycles. The van der Waals surface area contributed by atoms with Crippen LogP contribution in [-0.2, 0) is 4.74 Å². The zero-order chi connectivity index (χ0) is 21.0. The number of aliphatic hydroxyl groups is 1. The molecule has 2 atom stereocenters. The number of carbonyl (C=O) groups is 2. The van der Waals surface area contributed by atoms with E-state index in [1.165, 1.54) is 17.0 Å². The smallest absolute Gasteiger partial charge is 0.415 e. The van der Waals surface area contributed by atoms with Gasteiger partial charge in [-0.3, -0.25) is 9.69 Å². The molecule has 1 fully saturated rings. The second-order valence-corrected chi connectivity index (χ2v) is 7.12. The van der Waals surface area contributed by atoms with Crippen molar-refractivity contribution in [3.05, 3.63) is 59.7 Å². The Morgan fingerprint density at radius 3 is 2.38 bits per heavy atom. The van der Waals surface area contributed by atoms with E-state index in [4.69, 9.17) is 4.74 Å². The second-order valence-electron chi connectivity index (χ2n) is 7.12. The number of phenolic OH excluding ortho intramolecular Hbond substituents is 1. The number of aliphatic hydroxyl groups excluding tert-OH is 1. The first-order valence-corrected chi connectivity index (χ1v) is 9.33. The molecule has 0 radical (unpaired) electrons. The summed E-state index contributed by atoms with van der Waals surface area (Å²) in [5.74, 6) is -0.0820. The molecule has 0 saturated carbocycles. The highest BCUT2D eigenvalue weighted by Crippen LogP contribution is 2.37. The highest BCUT2D eigenvalue weighted by Gasteiger charge is 2.43. The van der Waals surface area contributed by atoms with Crippen LogP contribution in [0.1, 0.15) is 22.0 Å².